The van der Waals surface area contributed by atoms with Crippen LogP contribution in [0.3, 0.4) is 0 Å². The second-order valence-corrected chi connectivity index (χ2v) is 7.54. The maximum Gasteiger partial charge on any atom is 0.391 e. The molecule has 1 aromatic heterocycles. The molecule has 0 saturated heterocycles. The summed E-state index contributed by atoms with van der Waals surface area (Å²) >= 11 is 7.45. The molecule has 1 nitrogen and oxygen atoms in total. The van der Waals surface area contributed by atoms with Crippen molar-refractivity contribution in [3.63, 3.8) is 0 Å². The van der Waals surface area contributed by atoms with Crippen LogP contribution in [0.4, 0.5) is 13.2 Å². The van der Waals surface area contributed by atoms with Crippen LogP contribution in [0.25, 0.3) is 0 Å². The van der Waals surface area contributed by atoms with Gasteiger partial charge >= 0.3 is 6.18 Å². The van der Waals surface area contributed by atoms with Gasteiger partial charge in [-0.25, -0.2) is 0 Å². The van der Waals surface area contributed by atoms with E-state index in [1.807, 2.05) is 19.1 Å². The first kappa shape index (κ1) is 17.1. The van der Waals surface area contributed by atoms with Gasteiger partial charge in [-0.15, -0.1) is 11.3 Å². The van der Waals surface area contributed by atoms with E-state index in [0.29, 0.717) is 6.42 Å². The Morgan fingerprint density at radius 1 is 1.38 bits per heavy atom. The molecule has 1 heterocycles. The fourth-order valence-electron chi connectivity index (χ4n) is 3.24. The van der Waals surface area contributed by atoms with Crippen LogP contribution >= 0.6 is 22.9 Å². The third-order valence-corrected chi connectivity index (χ3v) is 5.52. The van der Waals surface area contributed by atoms with Gasteiger partial charge in [-0.3, -0.25) is 0 Å². The largest absolute Gasteiger partial charge is 0.391 e. The topological polar surface area (TPSA) is 12.0 Å². The van der Waals surface area contributed by atoms with Gasteiger partial charge in [-0.05, 0) is 50.3 Å². The maximum atomic E-state index is 13.0. The molecule has 0 aromatic carbocycles. The second-order valence-electron chi connectivity index (χ2n) is 5.74. The van der Waals surface area contributed by atoms with Crippen molar-refractivity contribution in [3.05, 3.63) is 21.3 Å². The fourth-order valence-corrected chi connectivity index (χ4v) is 4.38. The SMILES string of the molecule is CCNC(Cc1ccc(Cl)s1)C1CCCC(C(F)(F)F)C1. The highest BCUT2D eigenvalue weighted by Crippen LogP contribution is 2.41. The lowest BCUT2D eigenvalue weighted by molar-refractivity contribution is -0.186. The molecule has 6 heteroatoms. The maximum absolute atomic E-state index is 13.0. The quantitative estimate of drug-likeness (QED) is 0.768. The second kappa shape index (κ2) is 7.34. The van der Waals surface area contributed by atoms with E-state index in [9.17, 15) is 13.2 Å². The number of hydrogen-bond acceptors (Lipinski definition) is 2. The van der Waals surface area contributed by atoms with Crippen molar-refractivity contribution in [2.75, 3.05) is 6.54 Å². The summed E-state index contributed by atoms with van der Waals surface area (Å²) in [6, 6.07) is 3.93. The first-order valence-corrected chi connectivity index (χ1v) is 8.64. The average molecular weight is 340 g/mol. The van der Waals surface area contributed by atoms with E-state index in [-0.39, 0.29) is 24.8 Å². The van der Waals surface area contributed by atoms with Crippen molar-refractivity contribution in [1.29, 1.82) is 0 Å². The highest BCUT2D eigenvalue weighted by molar-refractivity contribution is 7.16. The summed E-state index contributed by atoms with van der Waals surface area (Å²) in [5.41, 5.74) is 0. The Hall–Kier alpha value is -0.260. The number of thiophene rings is 1. The zero-order valence-electron chi connectivity index (χ0n) is 12.0. The molecular formula is C15H21ClF3NS. The van der Waals surface area contributed by atoms with Gasteiger partial charge in [0, 0.05) is 10.9 Å². The number of hydrogen-bond donors (Lipinski definition) is 1. The van der Waals surface area contributed by atoms with Gasteiger partial charge in [0.2, 0.25) is 0 Å². The van der Waals surface area contributed by atoms with Crippen LogP contribution in [0, 0.1) is 11.8 Å². The summed E-state index contributed by atoms with van der Waals surface area (Å²) in [5, 5.41) is 3.38. The van der Waals surface area contributed by atoms with E-state index >= 15 is 0 Å². The van der Waals surface area contributed by atoms with E-state index in [0.717, 1.165) is 28.6 Å². The molecule has 1 fully saturated rings. The van der Waals surface area contributed by atoms with E-state index in [4.69, 9.17) is 11.6 Å². The van der Waals surface area contributed by atoms with E-state index in [1.54, 1.807) is 0 Å². The van der Waals surface area contributed by atoms with Crippen LogP contribution in [0.1, 0.15) is 37.5 Å². The molecule has 1 saturated carbocycles. The van der Waals surface area contributed by atoms with Crippen LogP contribution in [0.2, 0.25) is 4.34 Å². The Kier molecular flexibility index (Phi) is 5.97. The highest BCUT2D eigenvalue weighted by Gasteiger charge is 2.43. The summed E-state index contributed by atoms with van der Waals surface area (Å²) in [5.74, 6) is -1.05. The van der Waals surface area contributed by atoms with Gasteiger partial charge in [0.25, 0.3) is 0 Å². The molecule has 1 aliphatic rings. The molecular weight excluding hydrogens is 319 g/mol. The highest BCUT2D eigenvalue weighted by atomic mass is 35.5. The van der Waals surface area contributed by atoms with Crippen molar-refractivity contribution < 1.29 is 13.2 Å². The molecule has 3 unspecified atom stereocenters. The Labute approximate surface area is 132 Å². The van der Waals surface area contributed by atoms with Crippen LogP contribution in [-0.2, 0) is 6.42 Å². The molecule has 1 aliphatic carbocycles. The summed E-state index contributed by atoms with van der Waals surface area (Å²) in [4.78, 5) is 1.14. The van der Waals surface area contributed by atoms with Gasteiger partial charge in [0.1, 0.15) is 0 Å². The van der Waals surface area contributed by atoms with Crippen LogP contribution in [0.15, 0.2) is 12.1 Å². The number of likely N-dealkylation sites (N-methyl/N-ethyl adjacent to an activating group) is 1. The summed E-state index contributed by atoms with van der Waals surface area (Å²) in [6.45, 7) is 2.77. The van der Waals surface area contributed by atoms with Crippen molar-refractivity contribution in [2.45, 2.75) is 51.2 Å². The Balaban J connectivity index is 2.03. The van der Waals surface area contributed by atoms with Crippen molar-refractivity contribution in [1.82, 2.24) is 5.32 Å². The Bertz CT molecular complexity index is 446. The normalized spacial score (nSPS) is 25.0. The predicted molar refractivity (Wildman–Crippen MR) is 82.0 cm³/mol. The van der Waals surface area contributed by atoms with Crippen LogP contribution in [0.5, 0.6) is 0 Å². The molecule has 0 bridgehead atoms. The van der Waals surface area contributed by atoms with Gasteiger partial charge in [0.05, 0.1) is 10.3 Å². The zero-order valence-corrected chi connectivity index (χ0v) is 13.6. The van der Waals surface area contributed by atoms with Gasteiger partial charge < -0.3 is 5.32 Å². The van der Waals surface area contributed by atoms with Gasteiger partial charge in [0.15, 0.2) is 0 Å². The molecule has 120 valence electrons. The molecule has 0 radical (unpaired) electrons. The number of rotatable bonds is 5. The van der Waals surface area contributed by atoms with Crippen molar-refractivity contribution in [3.8, 4) is 0 Å². The first-order chi connectivity index (χ1) is 9.90. The monoisotopic (exact) mass is 339 g/mol. The molecule has 3 atom stereocenters. The summed E-state index contributed by atoms with van der Waals surface area (Å²) in [6.07, 6.45) is -1.21. The lowest BCUT2D eigenvalue weighted by Gasteiger charge is -2.35. The predicted octanol–water partition coefficient (Wildman–Crippen LogP) is 5.29. The lowest BCUT2D eigenvalue weighted by Crippen LogP contribution is -2.42. The molecule has 0 amide bonds. The zero-order chi connectivity index (χ0) is 15.5. The lowest BCUT2D eigenvalue weighted by atomic mass is 9.76. The van der Waals surface area contributed by atoms with Crippen LogP contribution in [-0.4, -0.2) is 18.8 Å². The van der Waals surface area contributed by atoms with Crippen LogP contribution < -0.4 is 5.32 Å². The first-order valence-electron chi connectivity index (χ1n) is 7.44. The molecule has 0 aliphatic heterocycles. The van der Waals surface area contributed by atoms with E-state index in [2.05, 4.69) is 5.32 Å². The standard InChI is InChI=1S/C15H21ClF3NS/c1-2-20-13(9-12-6-7-14(16)21-12)10-4-3-5-11(8-10)15(17,18)19/h6-7,10-11,13,20H,2-5,8-9H2,1H3. The molecule has 1 aromatic rings. The number of nitrogens with one attached hydrogen (secondary N) is 1. The minimum atomic E-state index is -4.05. The summed E-state index contributed by atoms with van der Waals surface area (Å²) in [7, 11) is 0. The Morgan fingerprint density at radius 3 is 2.71 bits per heavy atom. The van der Waals surface area contributed by atoms with Gasteiger partial charge in [-0.2, -0.15) is 13.2 Å². The average Bonchev–Trinajstić information content (AvgIpc) is 2.83. The minimum absolute atomic E-state index is 0.0891. The summed E-state index contributed by atoms with van der Waals surface area (Å²) < 4.78 is 39.6. The molecule has 2 rings (SSSR count). The Morgan fingerprint density at radius 2 is 2.14 bits per heavy atom. The molecule has 1 N–H and O–H groups in total. The van der Waals surface area contributed by atoms with Gasteiger partial charge in [-0.1, -0.05) is 24.9 Å². The van der Waals surface area contributed by atoms with Crippen molar-refractivity contribution in [2.24, 2.45) is 11.8 Å². The third-order valence-electron chi connectivity index (χ3n) is 4.26. The van der Waals surface area contributed by atoms with Crippen molar-refractivity contribution >= 4 is 22.9 Å². The smallest absolute Gasteiger partial charge is 0.314 e. The molecule has 21 heavy (non-hydrogen) atoms. The minimum Gasteiger partial charge on any atom is -0.314 e. The van der Waals surface area contributed by atoms with E-state index < -0.39 is 12.1 Å². The fraction of sp³-hybridized carbons (Fsp3) is 0.733. The van der Waals surface area contributed by atoms with E-state index in [1.165, 1.54) is 11.3 Å². The number of halogens is 4. The molecule has 0 spiro atoms. The third kappa shape index (κ3) is 4.86. The number of alkyl halides is 3.